The quantitative estimate of drug-likeness (QED) is 0.300. The zero-order valence-electron chi connectivity index (χ0n) is 20.7. The molecule has 1 heterocycles. The van der Waals surface area contributed by atoms with Crippen LogP contribution in [0.1, 0.15) is 55.9 Å². The number of amides is 1. The van der Waals surface area contributed by atoms with Crippen molar-refractivity contribution in [2.24, 2.45) is 0 Å². The lowest BCUT2D eigenvalue weighted by molar-refractivity contribution is -0.143. The zero-order valence-corrected chi connectivity index (χ0v) is 21.5. The van der Waals surface area contributed by atoms with E-state index in [0.717, 1.165) is 5.56 Å². The van der Waals surface area contributed by atoms with Crippen LogP contribution in [-0.4, -0.2) is 40.0 Å². The molecule has 1 unspecified atom stereocenters. The fraction of sp³-hybridized carbons (Fsp3) is 0.500. The highest BCUT2D eigenvalue weighted by atomic mass is 32.2. The minimum Gasteiger partial charge on any atom is -0.616 e. The van der Waals surface area contributed by atoms with E-state index in [2.05, 4.69) is 0 Å². The summed E-state index contributed by atoms with van der Waals surface area (Å²) in [5.74, 6) is -0.436. The van der Waals surface area contributed by atoms with Gasteiger partial charge in [-0.3, -0.25) is 0 Å². The maximum atomic E-state index is 13.2. The summed E-state index contributed by atoms with van der Waals surface area (Å²) in [5.41, 5.74) is -3.65. The average molecular weight is 550 g/mol. The number of benzene rings is 2. The maximum absolute atomic E-state index is 13.2. The van der Waals surface area contributed by atoms with Crippen LogP contribution in [0.3, 0.4) is 0 Å². The Balaban J connectivity index is 1.83. The second kappa shape index (κ2) is 10.8. The van der Waals surface area contributed by atoms with E-state index in [-0.39, 0.29) is 17.4 Å². The monoisotopic (exact) mass is 549 g/mol. The summed E-state index contributed by atoms with van der Waals surface area (Å²) in [6, 6.07) is 10.4. The highest BCUT2D eigenvalue weighted by Crippen LogP contribution is 2.40. The Bertz CT molecular complexity index is 1040. The molecule has 0 aromatic heterocycles. The van der Waals surface area contributed by atoms with Gasteiger partial charge in [-0.15, -0.1) is 0 Å². The molecule has 1 amide bonds. The Labute approximate surface area is 215 Å². The molecule has 1 aliphatic rings. The lowest BCUT2D eigenvalue weighted by Crippen LogP contribution is -2.49. The van der Waals surface area contributed by atoms with Gasteiger partial charge in [0.2, 0.25) is 0 Å². The average Bonchev–Trinajstić information content (AvgIpc) is 2.77. The van der Waals surface area contributed by atoms with Crippen molar-refractivity contribution >= 4 is 17.3 Å². The second-order valence-electron chi connectivity index (χ2n) is 10.3. The van der Waals surface area contributed by atoms with Gasteiger partial charge >= 0.3 is 18.4 Å². The molecular formula is C26H29F6NO3S. The third-order valence-corrected chi connectivity index (χ3v) is 7.70. The number of nitrogens with zero attached hydrogens (tertiary/aromatic N) is 1. The van der Waals surface area contributed by atoms with Crippen LogP contribution < -0.4 is 0 Å². The smallest absolute Gasteiger partial charge is 0.416 e. The van der Waals surface area contributed by atoms with Crippen molar-refractivity contribution in [2.75, 3.05) is 18.8 Å². The third-order valence-electron chi connectivity index (χ3n) is 6.17. The molecule has 0 bridgehead atoms. The molecule has 0 spiro atoms. The number of carbonyl (C=O) groups is 1. The van der Waals surface area contributed by atoms with E-state index in [1.165, 1.54) is 0 Å². The predicted molar refractivity (Wildman–Crippen MR) is 128 cm³/mol. The van der Waals surface area contributed by atoms with Crippen molar-refractivity contribution in [1.82, 2.24) is 4.90 Å². The predicted octanol–water partition coefficient (Wildman–Crippen LogP) is 6.94. The Morgan fingerprint density at radius 1 is 0.946 bits per heavy atom. The van der Waals surface area contributed by atoms with Gasteiger partial charge in [-0.25, -0.2) is 4.79 Å². The highest BCUT2D eigenvalue weighted by molar-refractivity contribution is 7.90. The summed E-state index contributed by atoms with van der Waals surface area (Å²) in [6.07, 6.45) is -9.59. The summed E-state index contributed by atoms with van der Waals surface area (Å²) in [7, 11) is 0. The Morgan fingerprint density at radius 2 is 1.46 bits per heavy atom. The lowest BCUT2D eigenvalue weighted by Gasteiger charge is -2.42. The number of halogens is 6. The van der Waals surface area contributed by atoms with Gasteiger partial charge in [0.15, 0.2) is 0 Å². The molecular weight excluding hydrogens is 520 g/mol. The van der Waals surface area contributed by atoms with Crippen LogP contribution in [0.15, 0.2) is 48.5 Å². The van der Waals surface area contributed by atoms with Crippen molar-refractivity contribution in [2.45, 2.75) is 62.7 Å². The van der Waals surface area contributed by atoms with Gasteiger partial charge in [0, 0.05) is 24.1 Å². The van der Waals surface area contributed by atoms with Gasteiger partial charge in [-0.1, -0.05) is 30.3 Å². The van der Waals surface area contributed by atoms with E-state index < -0.39 is 57.5 Å². The van der Waals surface area contributed by atoms with Crippen molar-refractivity contribution < 1.29 is 40.4 Å². The first-order chi connectivity index (χ1) is 17.0. The summed E-state index contributed by atoms with van der Waals surface area (Å²) >= 11 is -1.79. The SMILES string of the molecule is CC(C)(C)OC(=O)N1CCC(C[S+]([O-])Cc2cc(C(F)(F)F)cc(C(F)(F)F)c2)(c2ccccc2)CC1. The molecule has 1 aliphatic heterocycles. The zero-order chi connectivity index (χ0) is 27.6. The maximum Gasteiger partial charge on any atom is 0.416 e. The fourth-order valence-electron chi connectivity index (χ4n) is 4.40. The lowest BCUT2D eigenvalue weighted by atomic mass is 9.74. The number of carbonyl (C=O) groups excluding carboxylic acids is 1. The number of piperidine rings is 1. The van der Waals surface area contributed by atoms with Gasteiger partial charge in [0.05, 0.1) is 11.1 Å². The van der Waals surface area contributed by atoms with Gasteiger partial charge in [-0.05, 0) is 68.6 Å². The number of hydrogen-bond acceptors (Lipinski definition) is 3. The van der Waals surface area contributed by atoms with Crippen molar-refractivity contribution in [3.05, 3.63) is 70.8 Å². The number of ether oxygens (including phenoxy) is 1. The molecule has 0 N–H and O–H groups in total. The largest absolute Gasteiger partial charge is 0.616 e. The topological polar surface area (TPSA) is 52.6 Å². The first-order valence-corrected chi connectivity index (χ1v) is 13.1. The van der Waals surface area contributed by atoms with E-state index in [9.17, 15) is 35.7 Å². The van der Waals surface area contributed by atoms with Crippen LogP contribution in [0.25, 0.3) is 0 Å². The van der Waals surface area contributed by atoms with E-state index >= 15 is 0 Å². The number of likely N-dealkylation sites (tertiary alicyclic amines) is 1. The molecule has 1 atom stereocenters. The molecule has 3 rings (SSSR count). The second-order valence-corrected chi connectivity index (χ2v) is 11.7. The molecule has 1 fully saturated rings. The minimum absolute atomic E-state index is 0.0246. The van der Waals surface area contributed by atoms with Crippen LogP contribution in [0.5, 0.6) is 0 Å². The van der Waals surface area contributed by atoms with Crippen LogP contribution >= 0.6 is 0 Å². The first kappa shape index (κ1) is 29.2. The van der Waals surface area contributed by atoms with E-state index in [4.69, 9.17) is 4.74 Å². The molecule has 0 saturated carbocycles. The van der Waals surface area contributed by atoms with Crippen LogP contribution in [0.4, 0.5) is 31.1 Å². The minimum atomic E-state index is -4.97. The van der Waals surface area contributed by atoms with Gasteiger partial charge in [0.1, 0.15) is 17.1 Å². The number of alkyl halides is 6. The highest BCUT2D eigenvalue weighted by Gasteiger charge is 2.42. The first-order valence-electron chi connectivity index (χ1n) is 11.7. The molecule has 0 aliphatic carbocycles. The molecule has 2 aromatic carbocycles. The number of rotatable bonds is 5. The van der Waals surface area contributed by atoms with Gasteiger partial charge < -0.3 is 14.2 Å². The molecule has 11 heteroatoms. The van der Waals surface area contributed by atoms with Crippen molar-refractivity contribution in [3.8, 4) is 0 Å². The van der Waals surface area contributed by atoms with Crippen LogP contribution in [0.2, 0.25) is 0 Å². The Hall–Kier alpha value is -2.40. The van der Waals surface area contributed by atoms with E-state index in [1.807, 2.05) is 30.3 Å². The Morgan fingerprint density at radius 3 is 1.92 bits per heavy atom. The van der Waals surface area contributed by atoms with Crippen molar-refractivity contribution in [3.63, 3.8) is 0 Å². The summed E-state index contributed by atoms with van der Waals surface area (Å²) < 4.78 is 98.1. The van der Waals surface area contributed by atoms with E-state index in [0.29, 0.717) is 38.1 Å². The summed E-state index contributed by atoms with van der Waals surface area (Å²) in [5, 5.41) is 0. The summed E-state index contributed by atoms with van der Waals surface area (Å²) in [4.78, 5) is 14.1. The van der Waals surface area contributed by atoms with Crippen molar-refractivity contribution in [1.29, 1.82) is 0 Å². The molecule has 1 saturated heterocycles. The molecule has 37 heavy (non-hydrogen) atoms. The van der Waals surface area contributed by atoms with E-state index in [1.54, 1.807) is 25.7 Å². The molecule has 204 valence electrons. The molecule has 4 nitrogen and oxygen atoms in total. The Kier molecular flexibility index (Phi) is 8.48. The van der Waals surface area contributed by atoms with Gasteiger partial charge in [0.25, 0.3) is 0 Å². The number of hydrogen-bond donors (Lipinski definition) is 0. The van der Waals surface area contributed by atoms with Gasteiger partial charge in [-0.2, -0.15) is 26.3 Å². The standard InChI is InChI=1S/C26H29F6NO3S/c1-23(2,3)36-22(34)33-11-9-24(10-12-33,19-7-5-4-6-8-19)17-37(35)16-18-13-20(25(27,28)29)15-21(14-18)26(30,31)32/h4-8,13-15H,9-12,16-17H2,1-3H3. The molecule has 2 aromatic rings. The normalized spacial score (nSPS) is 17.4. The molecule has 0 radical (unpaired) electrons. The third kappa shape index (κ3) is 7.80. The van der Waals surface area contributed by atoms with Crippen LogP contribution in [-0.2, 0) is 39.4 Å². The summed E-state index contributed by atoms with van der Waals surface area (Å²) in [6.45, 7) is 5.88. The van der Waals surface area contributed by atoms with Crippen LogP contribution in [0, 0.1) is 0 Å². The fourth-order valence-corrected chi connectivity index (χ4v) is 6.11.